The summed E-state index contributed by atoms with van der Waals surface area (Å²) in [5.74, 6) is 0.534. The highest BCUT2D eigenvalue weighted by Gasteiger charge is 2.44. The van der Waals surface area contributed by atoms with Gasteiger partial charge in [0.05, 0.1) is 25.6 Å². The lowest BCUT2D eigenvalue weighted by atomic mass is 10.1. The van der Waals surface area contributed by atoms with E-state index < -0.39 is 31.1 Å². The van der Waals surface area contributed by atoms with E-state index in [4.69, 9.17) is 4.74 Å². The van der Waals surface area contributed by atoms with Crippen LogP contribution < -0.4 is 4.90 Å². The van der Waals surface area contributed by atoms with Gasteiger partial charge < -0.3 is 30.1 Å². The summed E-state index contributed by atoms with van der Waals surface area (Å²) in [6, 6.07) is -0.165. The number of imidazole rings is 1. The SMILES string of the molecule is CC(CO)N(C)c1ncnc2c1ncn2[C@@H]1O[C@H](CO)[C@@H](O)[C@H]1O. The van der Waals surface area contributed by atoms with E-state index in [1.165, 1.54) is 17.2 Å². The molecule has 132 valence electrons. The summed E-state index contributed by atoms with van der Waals surface area (Å²) in [6.45, 7) is 1.40. The molecule has 0 aromatic carbocycles. The molecular weight excluding hydrogens is 318 g/mol. The number of aliphatic hydroxyl groups is 4. The summed E-state index contributed by atoms with van der Waals surface area (Å²) in [4.78, 5) is 14.5. The van der Waals surface area contributed by atoms with Crippen LogP contribution in [-0.4, -0.2) is 84.6 Å². The second kappa shape index (κ2) is 6.57. The number of anilines is 1. The van der Waals surface area contributed by atoms with Crippen molar-refractivity contribution >= 4 is 17.0 Å². The molecule has 1 fully saturated rings. The zero-order valence-corrected chi connectivity index (χ0v) is 13.4. The van der Waals surface area contributed by atoms with Gasteiger partial charge in [-0.3, -0.25) is 4.57 Å². The molecule has 3 heterocycles. The number of aromatic nitrogens is 4. The molecule has 1 unspecified atom stereocenters. The van der Waals surface area contributed by atoms with Crippen LogP contribution in [0.5, 0.6) is 0 Å². The lowest BCUT2D eigenvalue weighted by Crippen LogP contribution is -2.33. The first-order valence-electron chi connectivity index (χ1n) is 7.63. The first-order chi connectivity index (χ1) is 11.5. The molecule has 3 rings (SSSR count). The minimum Gasteiger partial charge on any atom is -0.394 e. The van der Waals surface area contributed by atoms with Crippen molar-refractivity contribution in [2.24, 2.45) is 0 Å². The van der Waals surface area contributed by atoms with Crippen LogP contribution >= 0.6 is 0 Å². The predicted octanol–water partition coefficient (Wildman–Crippen LogP) is -1.75. The van der Waals surface area contributed by atoms with Gasteiger partial charge in [-0.05, 0) is 6.92 Å². The van der Waals surface area contributed by atoms with E-state index >= 15 is 0 Å². The van der Waals surface area contributed by atoms with Gasteiger partial charge in [-0.1, -0.05) is 0 Å². The highest BCUT2D eigenvalue weighted by Crippen LogP contribution is 2.32. The fourth-order valence-corrected chi connectivity index (χ4v) is 2.72. The lowest BCUT2D eigenvalue weighted by molar-refractivity contribution is -0.0511. The first-order valence-corrected chi connectivity index (χ1v) is 7.63. The zero-order chi connectivity index (χ0) is 17.4. The van der Waals surface area contributed by atoms with Gasteiger partial charge in [0.25, 0.3) is 0 Å². The van der Waals surface area contributed by atoms with Gasteiger partial charge in [-0.2, -0.15) is 0 Å². The number of rotatable bonds is 5. The van der Waals surface area contributed by atoms with E-state index in [1.807, 2.05) is 6.92 Å². The van der Waals surface area contributed by atoms with E-state index in [0.717, 1.165) is 0 Å². The Hall–Kier alpha value is -1.85. The number of aliphatic hydroxyl groups excluding tert-OH is 4. The molecule has 1 aliphatic heterocycles. The molecule has 5 atom stereocenters. The Morgan fingerprint density at radius 2 is 2.00 bits per heavy atom. The summed E-state index contributed by atoms with van der Waals surface area (Å²) in [6.07, 6.45) is -1.40. The Labute approximate surface area is 138 Å². The number of fused-ring (bicyclic) bond motifs is 1. The van der Waals surface area contributed by atoms with Crippen molar-refractivity contribution < 1.29 is 25.2 Å². The Bertz CT molecular complexity index is 710. The van der Waals surface area contributed by atoms with Crippen molar-refractivity contribution in [1.82, 2.24) is 19.5 Å². The largest absolute Gasteiger partial charge is 0.394 e. The van der Waals surface area contributed by atoms with Crippen LogP contribution in [0.3, 0.4) is 0 Å². The van der Waals surface area contributed by atoms with E-state index in [0.29, 0.717) is 17.0 Å². The van der Waals surface area contributed by atoms with Gasteiger partial charge in [-0.25, -0.2) is 15.0 Å². The van der Waals surface area contributed by atoms with Crippen molar-refractivity contribution in [1.29, 1.82) is 0 Å². The van der Waals surface area contributed by atoms with E-state index in [2.05, 4.69) is 15.0 Å². The normalized spacial score (nSPS) is 28.4. The van der Waals surface area contributed by atoms with Crippen LogP contribution in [0.4, 0.5) is 5.82 Å². The molecule has 1 aliphatic rings. The van der Waals surface area contributed by atoms with Gasteiger partial charge in [0.1, 0.15) is 24.6 Å². The van der Waals surface area contributed by atoms with Gasteiger partial charge >= 0.3 is 0 Å². The molecule has 0 radical (unpaired) electrons. The molecule has 4 N–H and O–H groups in total. The summed E-state index contributed by atoms with van der Waals surface area (Å²) in [5.41, 5.74) is 0.907. The Kier molecular flexibility index (Phi) is 4.65. The highest BCUT2D eigenvalue weighted by atomic mass is 16.6. The number of hydrogen-bond donors (Lipinski definition) is 4. The monoisotopic (exact) mass is 339 g/mol. The molecule has 10 heteroatoms. The molecule has 2 aromatic rings. The quantitative estimate of drug-likeness (QED) is 0.500. The minimum absolute atomic E-state index is 0.0441. The van der Waals surface area contributed by atoms with Crippen molar-refractivity contribution in [2.45, 2.75) is 37.5 Å². The summed E-state index contributed by atoms with van der Waals surface area (Å²) in [7, 11) is 1.79. The van der Waals surface area contributed by atoms with Gasteiger partial charge in [0.2, 0.25) is 0 Å². The number of likely N-dealkylation sites (N-methyl/N-ethyl adjacent to an activating group) is 1. The molecule has 1 saturated heterocycles. The van der Waals surface area contributed by atoms with E-state index in [1.54, 1.807) is 11.9 Å². The van der Waals surface area contributed by atoms with Crippen molar-refractivity contribution in [3.63, 3.8) is 0 Å². The van der Waals surface area contributed by atoms with Crippen LogP contribution in [0.15, 0.2) is 12.7 Å². The van der Waals surface area contributed by atoms with Crippen LogP contribution in [0.1, 0.15) is 13.2 Å². The maximum atomic E-state index is 10.2. The Morgan fingerprint density at radius 1 is 1.25 bits per heavy atom. The van der Waals surface area contributed by atoms with Gasteiger partial charge in [0, 0.05) is 7.05 Å². The van der Waals surface area contributed by atoms with E-state index in [9.17, 15) is 20.4 Å². The maximum Gasteiger partial charge on any atom is 0.167 e. The summed E-state index contributed by atoms with van der Waals surface area (Å²) in [5, 5.41) is 38.6. The molecule has 0 bridgehead atoms. The van der Waals surface area contributed by atoms with Gasteiger partial charge in [0.15, 0.2) is 23.2 Å². The molecule has 0 spiro atoms. The molecule has 0 aliphatic carbocycles. The third kappa shape index (κ3) is 2.62. The number of ether oxygens (including phenoxy) is 1. The third-order valence-corrected chi connectivity index (χ3v) is 4.39. The summed E-state index contributed by atoms with van der Waals surface area (Å²) < 4.78 is 7.02. The summed E-state index contributed by atoms with van der Waals surface area (Å²) >= 11 is 0. The lowest BCUT2D eigenvalue weighted by Gasteiger charge is -2.24. The van der Waals surface area contributed by atoms with Crippen molar-refractivity contribution in [3.8, 4) is 0 Å². The Morgan fingerprint density at radius 3 is 2.62 bits per heavy atom. The van der Waals surface area contributed by atoms with Gasteiger partial charge in [-0.15, -0.1) is 0 Å². The molecule has 10 nitrogen and oxygen atoms in total. The molecular formula is C14H21N5O5. The molecule has 0 saturated carbocycles. The number of hydrogen-bond acceptors (Lipinski definition) is 9. The average molecular weight is 339 g/mol. The fraction of sp³-hybridized carbons (Fsp3) is 0.643. The minimum atomic E-state index is -1.22. The second-order valence-corrected chi connectivity index (χ2v) is 5.89. The maximum absolute atomic E-state index is 10.2. The molecule has 2 aromatic heterocycles. The van der Waals surface area contributed by atoms with E-state index in [-0.39, 0.29) is 12.6 Å². The van der Waals surface area contributed by atoms with Crippen molar-refractivity contribution in [2.75, 3.05) is 25.2 Å². The van der Waals surface area contributed by atoms with Crippen LogP contribution in [0, 0.1) is 0 Å². The molecule has 24 heavy (non-hydrogen) atoms. The predicted molar refractivity (Wildman–Crippen MR) is 83.3 cm³/mol. The standard InChI is InChI=1S/C14H21N5O5/c1-7(3-20)18(2)12-9-13(16-5-15-12)19(6-17-9)14-11(23)10(22)8(4-21)24-14/h5-8,10-11,14,20-23H,3-4H2,1-2H3/t7?,8-,10-,11-,14-/m1/s1. The van der Waals surface area contributed by atoms with Crippen LogP contribution in [0.2, 0.25) is 0 Å². The molecule has 0 amide bonds. The Balaban J connectivity index is 2.00. The average Bonchev–Trinajstić information content (AvgIpc) is 3.15. The topological polar surface area (TPSA) is 137 Å². The smallest absolute Gasteiger partial charge is 0.167 e. The highest BCUT2D eigenvalue weighted by molar-refractivity contribution is 5.83. The second-order valence-electron chi connectivity index (χ2n) is 5.89. The van der Waals surface area contributed by atoms with Crippen LogP contribution in [-0.2, 0) is 4.74 Å². The first kappa shape index (κ1) is 17.0. The van der Waals surface area contributed by atoms with Crippen molar-refractivity contribution in [3.05, 3.63) is 12.7 Å². The van der Waals surface area contributed by atoms with Crippen LogP contribution in [0.25, 0.3) is 11.2 Å². The fourth-order valence-electron chi connectivity index (χ4n) is 2.72. The zero-order valence-electron chi connectivity index (χ0n) is 13.4. The number of nitrogens with zero attached hydrogens (tertiary/aromatic N) is 5. The third-order valence-electron chi connectivity index (χ3n) is 4.39.